The second-order valence-corrected chi connectivity index (χ2v) is 3.65. The van der Waals surface area contributed by atoms with Gasteiger partial charge in [0.1, 0.15) is 12.2 Å². The lowest BCUT2D eigenvalue weighted by atomic mass is 10.3. The van der Waals surface area contributed by atoms with E-state index in [4.69, 9.17) is 0 Å². The number of rotatable bonds is 5. The quantitative estimate of drug-likeness (QED) is 0.743. The molecule has 1 N–H and O–H groups in total. The summed E-state index contributed by atoms with van der Waals surface area (Å²) in [4.78, 5) is 4.06. The molecule has 2 rings (SSSR count). The van der Waals surface area contributed by atoms with Crippen molar-refractivity contribution in [2.75, 3.05) is 6.54 Å². The fourth-order valence-corrected chi connectivity index (χ4v) is 1.47. The lowest BCUT2D eigenvalue weighted by Gasteiger charge is -2.03. The maximum atomic E-state index is 4.06. The predicted octanol–water partition coefficient (Wildman–Crippen LogP) is 0.542. The highest BCUT2D eigenvalue weighted by atomic mass is 15.2. The second kappa shape index (κ2) is 5.37. The van der Waals surface area contributed by atoms with Crippen LogP contribution in [0.2, 0.25) is 0 Å². The Kier molecular flexibility index (Phi) is 3.61. The Morgan fingerprint density at radius 1 is 1.44 bits per heavy atom. The average Bonchev–Trinajstić information content (AvgIpc) is 2.72. The van der Waals surface area contributed by atoms with Crippen molar-refractivity contribution in [3.63, 3.8) is 0 Å². The predicted molar refractivity (Wildman–Crippen MR) is 60.7 cm³/mol. The van der Waals surface area contributed by atoms with Gasteiger partial charge in [0.05, 0.1) is 0 Å². The number of nitrogens with one attached hydrogen (secondary N) is 1. The zero-order chi connectivity index (χ0) is 11.2. The molecule has 0 saturated heterocycles. The summed E-state index contributed by atoms with van der Waals surface area (Å²) in [7, 11) is 1.95. The van der Waals surface area contributed by atoms with Crippen LogP contribution in [0, 0.1) is 0 Å². The van der Waals surface area contributed by atoms with Crippen LogP contribution in [0.5, 0.6) is 0 Å². The highest BCUT2D eigenvalue weighted by Crippen LogP contribution is 1.95. The van der Waals surface area contributed by atoms with Crippen LogP contribution in [0.4, 0.5) is 0 Å². The molecule has 84 valence electrons. The summed E-state index contributed by atoms with van der Waals surface area (Å²) in [6, 6.07) is 4.00. The van der Waals surface area contributed by atoms with E-state index in [1.807, 2.05) is 23.9 Å². The highest BCUT2D eigenvalue weighted by Gasteiger charge is 1.99. The molecule has 2 heterocycles. The minimum absolute atomic E-state index is 0.839. The summed E-state index contributed by atoms with van der Waals surface area (Å²) >= 11 is 0. The van der Waals surface area contributed by atoms with Crippen LogP contribution in [0.3, 0.4) is 0 Å². The van der Waals surface area contributed by atoms with Crippen LogP contribution in [0.15, 0.2) is 30.9 Å². The topological polar surface area (TPSA) is 55.6 Å². The summed E-state index contributed by atoms with van der Waals surface area (Å²) in [6.07, 6.45) is 6.26. The van der Waals surface area contributed by atoms with E-state index >= 15 is 0 Å². The molecule has 0 fully saturated rings. The van der Waals surface area contributed by atoms with E-state index in [0.717, 1.165) is 25.3 Å². The van der Waals surface area contributed by atoms with E-state index in [0.29, 0.717) is 0 Å². The zero-order valence-electron chi connectivity index (χ0n) is 9.30. The molecule has 0 unspecified atom stereocenters. The van der Waals surface area contributed by atoms with E-state index in [1.165, 1.54) is 5.56 Å². The molecular formula is C11H15N5. The van der Waals surface area contributed by atoms with Gasteiger partial charge in [-0.1, -0.05) is 6.07 Å². The van der Waals surface area contributed by atoms with Gasteiger partial charge >= 0.3 is 0 Å². The lowest BCUT2D eigenvalue weighted by Crippen LogP contribution is -2.18. The first-order valence-corrected chi connectivity index (χ1v) is 5.29. The molecule has 5 nitrogen and oxygen atoms in total. The van der Waals surface area contributed by atoms with E-state index in [-0.39, 0.29) is 0 Å². The van der Waals surface area contributed by atoms with Crippen molar-refractivity contribution in [3.05, 3.63) is 42.2 Å². The Balaban J connectivity index is 1.72. The number of aromatic nitrogens is 4. The second-order valence-electron chi connectivity index (χ2n) is 3.65. The van der Waals surface area contributed by atoms with Crippen LogP contribution in [0.1, 0.15) is 11.4 Å². The van der Waals surface area contributed by atoms with Gasteiger partial charge in [-0.25, -0.2) is 0 Å². The molecule has 0 radical (unpaired) electrons. The van der Waals surface area contributed by atoms with Gasteiger partial charge in [0, 0.05) is 39.0 Å². The zero-order valence-corrected chi connectivity index (χ0v) is 9.30. The first kappa shape index (κ1) is 10.8. The third-order valence-corrected chi connectivity index (χ3v) is 2.38. The van der Waals surface area contributed by atoms with Gasteiger partial charge in [-0.3, -0.25) is 4.98 Å². The number of pyridine rings is 1. The molecular weight excluding hydrogens is 202 g/mol. The monoisotopic (exact) mass is 217 g/mol. The molecule has 16 heavy (non-hydrogen) atoms. The molecule has 0 aliphatic carbocycles. The third-order valence-electron chi connectivity index (χ3n) is 2.38. The van der Waals surface area contributed by atoms with Crippen LogP contribution in [0.25, 0.3) is 0 Å². The molecule has 0 amide bonds. The molecule has 0 aliphatic rings. The Hall–Kier alpha value is -1.75. The molecule has 0 aliphatic heterocycles. The lowest BCUT2D eigenvalue weighted by molar-refractivity contribution is 0.652. The summed E-state index contributed by atoms with van der Waals surface area (Å²) in [5.74, 6) is 0.999. The largest absolute Gasteiger partial charge is 0.321 e. The maximum absolute atomic E-state index is 4.06. The normalized spacial score (nSPS) is 10.6. The van der Waals surface area contributed by atoms with Crippen molar-refractivity contribution in [2.45, 2.75) is 13.0 Å². The summed E-state index contributed by atoms with van der Waals surface area (Å²) < 4.78 is 1.94. The molecule has 0 saturated carbocycles. The Morgan fingerprint density at radius 2 is 2.38 bits per heavy atom. The summed E-state index contributed by atoms with van der Waals surface area (Å²) in [5, 5.41) is 11.2. The Labute approximate surface area is 94.5 Å². The van der Waals surface area contributed by atoms with Gasteiger partial charge in [0.15, 0.2) is 0 Å². The van der Waals surface area contributed by atoms with Crippen LogP contribution < -0.4 is 5.32 Å². The first-order chi connectivity index (χ1) is 7.86. The van der Waals surface area contributed by atoms with E-state index in [1.54, 1.807) is 12.5 Å². The summed E-state index contributed by atoms with van der Waals surface area (Å²) in [6.45, 7) is 1.73. The number of hydrogen-bond acceptors (Lipinski definition) is 4. The van der Waals surface area contributed by atoms with Gasteiger partial charge in [0.25, 0.3) is 0 Å². The summed E-state index contributed by atoms with van der Waals surface area (Å²) in [5.41, 5.74) is 1.19. The SMILES string of the molecule is Cn1cnnc1CCNCc1cccnc1. The van der Waals surface area contributed by atoms with Crippen molar-refractivity contribution in [1.82, 2.24) is 25.1 Å². The van der Waals surface area contributed by atoms with E-state index in [2.05, 4.69) is 26.6 Å². The van der Waals surface area contributed by atoms with Gasteiger partial charge in [0.2, 0.25) is 0 Å². The van der Waals surface area contributed by atoms with Gasteiger partial charge < -0.3 is 9.88 Å². The van der Waals surface area contributed by atoms with Crippen molar-refractivity contribution in [2.24, 2.45) is 7.05 Å². The molecule has 0 atom stereocenters. The molecule has 2 aromatic heterocycles. The number of aryl methyl sites for hydroxylation is 1. The van der Waals surface area contributed by atoms with E-state index in [9.17, 15) is 0 Å². The van der Waals surface area contributed by atoms with Crippen molar-refractivity contribution in [1.29, 1.82) is 0 Å². The molecule has 5 heteroatoms. The standard InChI is InChI=1S/C11H15N5/c1-16-9-14-15-11(16)4-6-13-8-10-3-2-5-12-7-10/h2-3,5,7,9,13H,4,6,8H2,1H3. The third kappa shape index (κ3) is 2.87. The Bertz CT molecular complexity index is 423. The van der Waals surface area contributed by atoms with Crippen LogP contribution >= 0.6 is 0 Å². The number of hydrogen-bond donors (Lipinski definition) is 1. The Morgan fingerprint density at radius 3 is 3.06 bits per heavy atom. The molecule has 2 aromatic rings. The van der Waals surface area contributed by atoms with Gasteiger partial charge in [-0.05, 0) is 11.6 Å². The highest BCUT2D eigenvalue weighted by molar-refractivity contribution is 5.07. The van der Waals surface area contributed by atoms with Crippen molar-refractivity contribution in [3.8, 4) is 0 Å². The van der Waals surface area contributed by atoms with Crippen LogP contribution in [-0.2, 0) is 20.0 Å². The molecule has 0 bridgehead atoms. The van der Waals surface area contributed by atoms with Crippen molar-refractivity contribution < 1.29 is 0 Å². The van der Waals surface area contributed by atoms with Gasteiger partial charge in [-0.15, -0.1) is 10.2 Å². The van der Waals surface area contributed by atoms with Crippen LogP contribution in [-0.4, -0.2) is 26.3 Å². The van der Waals surface area contributed by atoms with Gasteiger partial charge in [-0.2, -0.15) is 0 Å². The molecule has 0 spiro atoms. The fraction of sp³-hybridized carbons (Fsp3) is 0.364. The van der Waals surface area contributed by atoms with Crippen molar-refractivity contribution >= 4 is 0 Å². The first-order valence-electron chi connectivity index (χ1n) is 5.29. The smallest absolute Gasteiger partial charge is 0.133 e. The average molecular weight is 217 g/mol. The fourth-order valence-electron chi connectivity index (χ4n) is 1.47. The van der Waals surface area contributed by atoms with E-state index < -0.39 is 0 Å². The minimum Gasteiger partial charge on any atom is -0.321 e. The maximum Gasteiger partial charge on any atom is 0.133 e. The minimum atomic E-state index is 0.839. The molecule has 0 aromatic carbocycles. The number of nitrogens with zero attached hydrogens (tertiary/aromatic N) is 4.